The second-order valence-corrected chi connectivity index (χ2v) is 5.77. The molecule has 1 aromatic heterocycles. The van der Waals surface area contributed by atoms with Crippen molar-refractivity contribution in [2.75, 3.05) is 6.54 Å². The number of aliphatic hydroxyl groups excluding tert-OH is 1. The first kappa shape index (κ1) is 16.4. The van der Waals surface area contributed by atoms with E-state index in [0.717, 1.165) is 22.5 Å². The molecule has 124 valence electrons. The van der Waals surface area contributed by atoms with Crippen molar-refractivity contribution in [1.82, 2.24) is 15.1 Å². The molecule has 0 saturated heterocycles. The van der Waals surface area contributed by atoms with Crippen LogP contribution in [0.3, 0.4) is 0 Å². The lowest BCUT2D eigenvalue weighted by Gasteiger charge is -2.07. The Morgan fingerprint density at radius 2 is 1.83 bits per heavy atom. The van der Waals surface area contributed by atoms with Gasteiger partial charge in [0.15, 0.2) is 0 Å². The Morgan fingerprint density at radius 1 is 1.12 bits per heavy atom. The number of halogens is 1. The van der Waals surface area contributed by atoms with Gasteiger partial charge in [-0.05, 0) is 43.3 Å². The Labute approximate surface area is 140 Å². The maximum atomic E-state index is 13.2. The number of hydrogen-bond donors (Lipinski definition) is 2. The molecule has 0 saturated carbocycles. The summed E-state index contributed by atoms with van der Waals surface area (Å²) in [5, 5.41) is 17.3. The van der Waals surface area contributed by atoms with Gasteiger partial charge in [-0.25, -0.2) is 9.07 Å². The molecule has 2 aromatic carbocycles. The lowest BCUT2D eigenvalue weighted by atomic mass is 10.1. The molecule has 0 aliphatic carbocycles. The maximum absolute atomic E-state index is 13.2. The van der Waals surface area contributed by atoms with Crippen LogP contribution in [0.4, 0.5) is 4.39 Å². The first-order valence-corrected chi connectivity index (χ1v) is 7.92. The highest BCUT2D eigenvalue weighted by atomic mass is 19.1. The molecule has 1 unspecified atom stereocenters. The summed E-state index contributed by atoms with van der Waals surface area (Å²) in [7, 11) is 0. The zero-order valence-corrected chi connectivity index (χ0v) is 13.5. The van der Waals surface area contributed by atoms with E-state index in [-0.39, 0.29) is 5.82 Å². The molecule has 3 rings (SSSR count). The van der Waals surface area contributed by atoms with E-state index in [4.69, 9.17) is 0 Å². The van der Waals surface area contributed by atoms with Gasteiger partial charge in [0, 0.05) is 30.4 Å². The van der Waals surface area contributed by atoms with Gasteiger partial charge >= 0.3 is 0 Å². The molecule has 3 aromatic rings. The summed E-state index contributed by atoms with van der Waals surface area (Å²) in [6.45, 7) is 2.81. The third-order valence-electron chi connectivity index (χ3n) is 3.68. The molecule has 0 amide bonds. The van der Waals surface area contributed by atoms with Crippen LogP contribution >= 0.6 is 0 Å². The SMILES string of the molecule is CC(O)CNCc1cn(-c2ccccc2)nc1-c1ccc(F)cc1. The van der Waals surface area contributed by atoms with Crippen LogP contribution in [0.2, 0.25) is 0 Å². The minimum absolute atomic E-state index is 0.268. The average Bonchev–Trinajstić information content (AvgIpc) is 3.00. The van der Waals surface area contributed by atoms with E-state index < -0.39 is 6.10 Å². The molecule has 4 nitrogen and oxygen atoms in total. The van der Waals surface area contributed by atoms with Gasteiger partial charge in [0.1, 0.15) is 5.82 Å². The lowest BCUT2D eigenvalue weighted by Crippen LogP contribution is -2.23. The molecule has 2 N–H and O–H groups in total. The molecule has 24 heavy (non-hydrogen) atoms. The fourth-order valence-electron chi connectivity index (χ4n) is 2.52. The van der Waals surface area contributed by atoms with Crippen molar-refractivity contribution >= 4 is 0 Å². The van der Waals surface area contributed by atoms with Crippen molar-refractivity contribution in [2.24, 2.45) is 0 Å². The summed E-state index contributed by atoms with van der Waals surface area (Å²) in [6, 6.07) is 16.2. The third-order valence-corrected chi connectivity index (χ3v) is 3.68. The minimum Gasteiger partial charge on any atom is -0.392 e. The van der Waals surface area contributed by atoms with Crippen molar-refractivity contribution in [3.05, 3.63) is 72.2 Å². The Kier molecular flexibility index (Phi) is 5.03. The first-order chi connectivity index (χ1) is 11.6. The highest BCUT2D eigenvalue weighted by molar-refractivity contribution is 5.63. The van der Waals surface area contributed by atoms with Gasteiger partial charge < -0.3 is 10.4 Å². The molecule has 0 spiro atoms. The quantitative estimate of drug-likeness (QED) is 0.732. The highest BCUT2D eigenvalue weighted by Gasteiger charge is 2.12. The van der Waals surface area contributed by atoms with Gasteiger partial charge in [0.25, 0.3) is 0 Å². The number of nitrogens with zero attached hydrogens (tertiary/aromatic N) is 2. The van der Waals surface area contributed by atoms with Crippen molar-refractivity contribution in [3.8, 4) is 16.9 Å². The standard InChI is InChI=1S/C19H20FN3O/c1-14(24)11-21-12-16-13-23(18-5-3-2-4-6-18)22-19(16)15-7-9-17(20)10-8-15/h2-10,13-14,21,24H,11-12H2,1H3. The van der Waals surface area contributed by atoms with E-state index in [1.165, 1.54) is 12.1 Å². The molecular weight excluding hydrogens is 305 g/mol. The predicted octanol–water partition coefficient (Wildman–Crippen LogP) is 3.15. The fourth-order valence-corrected chi connectivity index (χ4v) is 2.52. The smallest absolute Gasteiger partial charge is 0.123 e. The first-order valence-electron chi connectivity index (χ1n) is 7.92. The van der Waals surface area contributed by atoms with Crippen molar-refractivity contribution in [2.45, 2.75) is 19.6 Å². The van der Waals surface area contributed by atoms with Crippen molar-refractivity contribution in [1.29, 1.82) is 0 Å². The maximum Gasteiger partial charge on any atom is 0.123 e. The van der Waals surface area contributed by atoms with Gasteiger partial charge in [-0.1, -0.05) is 18.2 Å². The van der Waals surface area contributed by atoms with Gasteiger partial charge in [-0.15, -0.1) is 0 Å². The predicted molar refractivity (Wildman–Crippen MR) is 92.3 cm³/mol. The Balaban J connectivity index is 1.95. The van der Waals surface area contributed by atoms with E-state index in [2.05, 4.69) is 10.4 Å². The van der Waals surface area contributed by atoms with Gasteiger partial charge in [-0.2, -0.15) is 5.10 Å². The van der Waals surface area contributed by atoms with E-state index in [1.54, 1.807) is 19.1 Å². The summed E-state index contributed by atoms with van der Waals surface area (Å²) in [4.78, 5) is 0. The number of hydrogen-bond acceptors (Lipinski definition) is 3. The Morgan fingerprint density at radius 3 is 2.50 bits per heavy atom. The topological polar surface area (TPSA) is 50.1 Å². The summed E-state index contributed by atoms with van der Waals surface area (Å²) in [5.41, 5.74) is 3.62. The van der Waals surface area contributed by atoms with E-state index in [1.807, 2.05) is 41.2 Å². The lowest BCUT2D eigenvalue weighted by molar-refractivity contribution is 0.191. The van der Waals surface area contributed by atoms with Crippen LogP contribution in [0.5, 0.6) is 0 Å². The summed E-state index contributed by atoms with van der Waals surface area (Å²) >= 11 is 0. The number of rotatable bonds is 6. The van der Waals surface area contributed by atoms with Crippen molar-refractivity contribution < 1.29 is 9.50 Å². The molecule has 0 aliphatic heterocycles. The molecule has 1 heterocycles. The molecule has 0 fully saturated rings. The van der Waals surface area contributed by atoms with Crippen molar-refractivity contribution in [3.63, 3.8) is 0 Å². The highest BCUT2D eigenvalue weighted by Crippen LogP contribution is 2.24. The van der Waals surface area contributed by atoms with E-state index >= 15 is 0 Å². The van der Waals surface area contributed by atoms with Crippen LogP contribution < -0.4 is 5.32 Å². The zero-order valence-electron chi connectivity index (χ0n) is 13.5. The van der Waals surface area contributed by atoms with Gasteiger partial charge in [-0.3, -0.25) is 0 Å². The molecule has 1 atom stereocenters. The van der Waals surface area contributed by atoms with Crippen LogP contribution in [-0.2, 0) is 6.54 Å². The fraction of sp³-hybridized carbons (Fsp3) is 0.211. The van der Waals surface area contributed by atoms with Crippen LogP contribution in [0.1, 0.15) is 12.5 Å². The minimum atomic E-state index is -0.413. The summed E-state index contributed by atoms with van der Waals surface area (Å²) in [5.74, 6) is -0.268. The average molecular weight is 325 g/mol. The summed E-state index contributed by atoms with van der Waals surface area (Å²) < 4.78 is 15.0. The monoisotopic (exact) mass is 325 g/mol. The Hall–Kier alpha value is -2.50. The number of benzene rings is 2. The zero-order chi connectivity index (χ0) is 16.9. The number of para-hydroxylation sites is 1. The van der Waals surface area contributed by atoms with Crippen LogP contribution in [0.25, 0.3) is 16.9 Å². The van der Waals surface area contributed by atoms with Crippen LogP contribution in [-0.4, -0.2) is 27.5 Å². The second kappa shape index (κ2) is 7.38. The van der Waals surface area contributed by atoms with E-state index in [9.17, 15) is 9.50 Å². The Bertz CT molecular complexity index is 782. The second-order valence-electron chi connectivity index (χ2n) is 5.77. The van der Waals surface area contributed by atoms with Gasteiger partial charge in [0.2, 0.25) is 0 Å². The number of aromatic nitrogens is 2. The van der Waals surface area contributed by atoms with Crippen LogP contribution in [0, 0.1) is 5.82 Å². The number of aliphatic hydroxyl groups is 1. The summed E-state index contributed by atoms with van der Waals surface area (Å²) in [6.07, 6.45) is 1.55. The largest absolute Gasteiger partial charge is 0.392 e. The normalized spacial score (nSPS) is 12.3. The molecular formula is C19H20FN3O. The van der Waals surface area contributed by atoms with Crippen LogP contribution in [0.15, 0.2) is 60.8 Å². The molecule has 5 heteroatoms. The molecule has 0 aliphatic rings. The van der Waals surface area contributed by atoms with E-state index in [0.29, 0.717) is 13.1 Å². The molecule has 0 bridgehead atoms. The van der Waals surface area contributed by atoms with Gasteiger partial charge in [0.05, 0.1) is 17.5 Å². The number of nitrogens with one attached hydrogen (secondary N) is 1. The molecule has 0 radical (unpaired) electrons. The third kappa shape index (κ3) is 3.88.